The number of amides is 1. The fourth-order valence-corrected chi connectivity index (χ4v) is 5.76. The number of nitrogens with zero attached hydrogens (tertiary/aromatic N) is 2. The first-order chi connectivity index (χ1) is 18.1. The lowest BCUT2D eigenvalue weighted by molar-refractivity contribution is -0.139. The zero-order valence-corrected chi connectivity index (χ0v) is 22.7. The maximum atomic E-state index is 13.2. The van der Waals surface area contributed by atoms with Crippen LogP contribution < -0.4 is 10.5 Å². The van der Waals surface area contributed by atoms with E-state index < -0.39 is 36.6 Å². The fraction of sp³-hybridized carbons (Fsp3) is 0.320. The lowest BCUT2D eigenvalue weighted by atomic mass is 10.1. The van der Waals surface area contributed by atoms with Gasteiger partial charge < -0.3 is 15.4 Å². The Kier molecular flexibility index (Phi) is 7.87. The molecule has 14 heteroatoms. The van der Waals surface area contributed by atoms with Gasteiger partial charge in [0.05, 0.1) is 9.79 Å². The van der Waals surface area contributed by atoms with E-state index in [2.05, 4.69) is 4.90 Å². The molecule has 0 aromatic heterocycles. The maximum absolute atomic E-state index is 13.2. The number of nitrogens with two attached hydrogens (primary N) is 1. The third-order valence-electron chi connectivity index (χ3n) is 6.67. The average Bonchev–Trinajstić information content (AvgIpc) is 2.84. The fourth-order valence-electron chi connectivity index (χ4n) is 4.68. The van der Waals surface area contributed by atoms with Crippen molar-refractivity contribution in [2.75, 3.05) is 25.4 Å². The molecule has 1 saturated heterocycles. The second-order valence-electron chi connectivity index (χ2n) is 9.57. The largest absolute Gasteiger partial charge is 0.483 e. The summed E-state index contributed by atoms with van der Waals surface area (Å²) in [6.07, 6.45) is 0. The number of halogens is 1. The van der Waals surface area contributed by atoms with Crippen LogP contribution in [0.2, 0.25) is 0 Å². The van der Waals surface area contributed by atoms with E-state index in [9.17, 15) is 35.1 Å². The van der Waals surface area contributed by atoms with Crippen molar-refractivity contribution < 1.29 is 39.9 Å². The number of carbonyl (C=O) groups excluding carboxylic acids is 1. The van der Waals surface area contributed by atoms with E-state index in [0.717, 1.165) is 29.8 Å². The zero-order chi connectivity index (χ0) is 28.7. The molecule has 0 unspecified atom stereocenters. The smallest absolute Gasteiger partial charge is 0.294 e. The molecule has 39 heavy (non-hydrogen) atoms. The monoisotopic (exact) mass is 581 g/mol. The van der Waals surface area contributed by atoms with Crippen LogP contribution in [0.1, 0.15) is 19.4 Å². The number of ether oxygens (including phenoxy) is 1. The van der Waals surface area contributed by atoms with Crippen molar-refractivity contribution in [1.82, 2.24) is 9.80 Å². The zero-order valence-electron chi connectivity index (χ0n) is 21.1. The van der Waals surface area contributed by atoms with Crippen LogP contribution in [0.15, 0.2) is 58.3 Å². The summed E-state index contributed by atoms with van der Waals surface area (Å²) in [4.78, 5) is 15.8. The number of anilines is 1. The first-order valence-corrected chi connectivity index (χ1v) is 14.7. The van der Waals surface area contributed by atoms with Gasteiger partial charge in [0.25, 0.3) is 26.1 Å². The molecule has 1 amide bonds. The highest BCUT2D eigenvalue weighted by molar-refractivity contribution is 7.86. The Balaban J connectivity index is 1.55. The number of piperazine rings is 1. The van der Waals surface area contributed by atoms with Crippen LogP contribution in [0.5, 0.6) is 5.75 Å². The van der Waals surface area contributed by atoms with Crippen molar-refractivity contribution in [3.8, 4) is 5.75 Å². The van der Waals surface area contributed by atoms with Gasteiger partial charge in [0.2, 0.25) is 0 Å². The topological polar surface area (TPSA) is 168 Å². The Morgan fingerprint density at radius 2 is 1.56 bits per heavy atom. The molecule has 0 saturated carbocycles. The summed E-state index contributed by atoms with van der Waals surface area (Å²) in [6.45, 7) is 4.88. The van der Waals surface area contributed by atoms with Crippen LogP contribution in [0.3, 0.4) is 0 Å². The molecule has 4 N–H and O–H groups in total. The number of nitrogen functional groups attached to an aromatic ring is 1. The van der Waals surface area contributed by atoms with Crippen LogP contribution in [0.25, 0.3) is 10.8 Å². The third kappa shape index (κ3) is 6.47. The van der Waals surface area contributed by atoms with Crippen LogP contribution >= 0.6 is 0 Å². The summed E-state index contributed by atoms with van der Waals surface area (Å²) in [6, 6.07) is 9.94. The van der Waals surface area contributed by atoms with Gasteiger partial charge in [-0.2, -0.15) is 16.8 Å². The second-order valence-corrected chi connectivity index (χ2v) is 12.4. The number of carbonyl (C=O) groups is 1. The Morgan fingerprint density at radius 1 is 0.974 bits per heavy atom. The molecule has 1 heterocycles. The van der Waals surface area contributed by atoms with Crippen LogP contribution in [-0.2, 0) is 31.6 Å². The predicted octanol–water partition coefficient (Wildman–Crippen LogP) is 2.55. The van der Waals surface area contributed by atoms with Crippen LogP contribution in [0, 0.1) is 5.82 Å². The molecule has 1 aliphatic rings. The van der Waals surface area contributed by atoms with Crippen molar-refractivity contribution in [3.63, 3.8) is 0 Å². The average molecular weight is 582 g/mol. The van der Waals surface area contributed by atoms with Gasteiger partial charge >= 0.3 is 0 Å². The first-order valence-electron chi connectivity index (χ1n) is 11.9. The Morgan fingerprint density at radius 3 is 2.15 bits per heavy atom. The number of hydrogen-bond acceptors (Lipinski definition) is 8. The van der Waals surface area contributed by atoms with Crippen molar-refractivity contribution in [2.24, 2.45) is 0 Å². The first kappa shape index (κ1) is 28.7. The summed E-state index contributed by atoms with van der Waals surface area (Å²) in [5.41, 5.74) is 6.79. The van der Waals surface area contributed by atoms with Gasteiger partial charge in [0, 0.05) is 48.9 Å². The lowest BCUT2D eigenvalue weighted by Crippen LogP contribution is -2.58. The minimum atomic E-state index is -4.74. The minimum Gasteiger partial charge on any atom is -0.483 e. The van der Waals surface area contributed by atoms with Crippen molar-refractivity contribution in [3.05, 3.63) is 59.9 Å². The number of fused-ring (bicyclic) bond motifs is 1. The molecule has 0 spiro atoms. The van der Waals surface area contributed by atoms with E-state index >= 15 is 0 Å². The standard InChI is InChI=1S/C25H28FN3O8S2/c1-15-12-29(16(2)11-28(15)13-17-3-5-19(26)6-4-17)24(30)14-37-23-10-21(39(34,35)36)8-18-7-20(38(31,32)33)9-22(27)25(18)23/h3-10,15-16H,11-14,27H2,1-2H3,(H,31,32,33)(H,34,35,36)/t15-,16+/m1/s1. The van der Waals surface area contributed by atoms with E-state index in [0.29, 0.717) is 19.6 Å². The normalized spacial score (nSPS) is 18.8. The molecule has 11 nitrogen and oxygen atoms in total. The van der Waals surface area contributed by atoms with Gasteiger partial charge in [-0.25, -0.2) is 4.39 Å². The Labute approximate surface area is 225 Å². The Hall–Kier alpha value is -3.30. The van der Waals surface area contributed by atoms with E-state index in [1.807, 2.05) is 13.8 Å². The summed E-state index contributed by atoms with van der Waals surface area (Å²) >= 11 is 0. The highest BCUT2D eigenvalue weighted by atomic mass is 32.2. The van der Waals surface area contributed by atoms with E-state index in [-0.39, 0.29) is 46.0 Å². The molecule has 1 fully saturated rings. The lowest BCUT2D eigenvalue weighted by Gasteiger charge is -2.44. The van der Waals surface area contributed by atoms with Crippen LogP contribution in [0.4, 0.5) is 10.1 Å². The summed E-state index contributed by atoms with van der Waals surface area (Å²) in [5, 5.41) is 0.0599. The van der Waals surface area contributed by atoms with E-state index in [1.165, 1.54) is 12.1 Å². The molecule has 2 atom stereocenters. The molecule has 0 aliphatic carbocycles. The maximum Gasteiger partial charge on any atom is 0.294 e. The summed E-state index contributed by atoms with van der Waals surface area (Å²) in [7, 11) is -9.41. The van der Waals surface area contributed by atoms with E-state index in [1.54, 1.807) is 17.0 Å². The summed E-state index contributed by atoms with van der Waals surface area (Å²) < 4.78 is 84.8. The molecular formula is C25H28FN3O8S2. The second kappa shape index (κ2) is 10.7. The molecule has 0 bridgehead atoms. The van der Waals surface area contributed by atoms with Gasteiger partial charge in [-0.3, -0.25) is 18.8 Å². The van der Waals surface area contributed by atoms with Gasteiger partial charge in [0.1, 0.15) is 11.6 Å². The third-order valence-corrected chi connectivity index (χ3v) is 8.33. The Bertz CT molecular complexity index is 1620. The van der Waals surface area contributed by atoms with E-state index in [4.69, 9.17) is 10.5 Å². The van der Waals surface area contributed by atoms with Crippen LogP contribution in [-0.4, -0.2) is 73.4 Å². The number of benzene rings is 3. The highest BCUT2D eigenvalue weighted by Gasteiger charge is 2.32. The predicted molar refractivity (Wildman–Crippen MR) is 141 cm³/mol. The van der Waals surface area contributed by atoms with Crippen molar-refractivity contribution >= 4 is 42.6 Å². The van der Waals surface area contributed by atoms with Gasteiger partial charge in [0.15, 0.2) is 6.61 Å². The van der Waals surface area contributed by atoms with Gasteiger partial charge in [-0.15, -0.1) is 0 Å². The minimum absolute atomic E-state index is 0.0200. The molecule has 3 aromatic carbocycles. The van der Waals surface area contributed by atoms with Gasteiger partial charge in [-0.05, 0) is 55.1 Å². The number of rotatable bonds is 7. The quantitative estimate of drug-likeness (QED) is 0.279. The molecule has 3 aromatic rings. The molecule has 210 valence electrons. The summed E-state index contributed by atoms with van der Waals surface area (Å²) in [5.74, 6) is -0.857. The van der Waals surface area contributed by atoms with Crippen molar-refractivity contribution in [1.29, 1.82) is 0 Å². The molecular weight excluding hydrogens is 553 g/mol. The van der Waals surface area contributed by atoms with Gasteiger partial charge in [-0.1, -0.05) is 12.1 Å². The molecule has 4 rings (SSSR count). The SMILES string of the molecule is C[C@@H]1CN(C(=O)COc2cc(S(=O)(=O)O)cc3cc(S(=O)(=O)O)cc(N)c23)[C@@H](C)CN1Cc1ccc(F)cc1. The van der Waals surface area contributed by atoms with Crippen molar-refractivity contribution in [2.45, 2.75) is 42.3 Å². The number of hydrogen-bond donors (Lipinski definition) is 3. The molecule has 1 aliphatic heterocycles. The highest BCUT2D eigenvalue weighted by Crippen LogP contribution is 2.36. The molecule has 0 radical (unpaired) electrons.